The van der Waals surface area contributed by atoms with Crippen molar-refractivity contribution in [3.8, 4) is 5.75 Å². The summed E-state index contributed by atoms with van der Waals surface area (Å²) < 4.78 is 11.3. The normalized spacial score (nSPS) is 12.2. The predicted molar refractivity (Wildman–Crippen MR) is 120 cm³/mol. The Morgan fingerprint density at radius 1 is 1.09 bits per heavy atom. The van der Waals surface area contributed by atoms with Crippen LogP contribution in [0, 0.1) is 5.41 Å². The van der Waals surface area contributed by atoms with Gasteiger partial charge in [0.15, 0.2) is 0 Å². The van der Waals surface area contributed by atoms with Crippen LogP contribution in [0.15, 0.2) is 66.7 Å². The van der Waals surface area contributed by atoms with Crippen LogP contribution in [-0.2, 0) is 9.53 Å². The molecule has 2 amide bonds. The number of carbonyl (C=O) groups excluding carboxylic acids is 2. The molecule has 8 heteroatoms. The average molecular weight is 443 g/mol. The molecule has 0 radical (unpaired) electrons. The Morgan fingerprint density at radius 3 is 2.41 bits per heavy atom. The molecule has 0 aliphatic carbocycles. The lowest BCUT2D eigenvalue weighted by atomic mass is 9.78. The Morgan fingerprint density at radius 2 is 1.78 bits per heavy atom. The van der Waals surface area contributed by atoms with E-state index in [2.05, 4.69) is 5.32 Å². The molecule has 2 aromatic carbocycles. The summed E-state index contributed by atoms with van der Waals surface area (Å²) in [6.45, 7) is 4.06. The average Bonchev–Trinajstić information content (AvgIpc) is 2.79. The molecule has 0 saturated carbocycles. The first kappa shape index (κ1) is 24.9. The van der Waals surface area contributed by atoms with Crippen molar-refractivity contribution in [3.63, 3.8) is 0 Å². The maximum absolute atomic E-state index is 12.6. The fraction of sp³-hybridized carbons (Fsp3) is 0.333. The number of rotatable bonds is 11. The minimum absolute atomic E-state index is 0.0814. The molecule has 4 N–H and O–H groups in total. The second kappa shape index (κ2) is 12.5. The fourth-order valence-electron chi connectivity index (χ4n) is 3.17. The number of hydroxylamine groups is 1. The second-order valence-electron chi connectivity index (χ2n) is 7.82. The molecule has 2 aromatic rings. The molecule has 0 heterocycles. The molecule has 0 unspecified atom stereocenters. The van der Waals surface area contributed by atoms with Crippen molar-refractivity contribution >= 4 is 17.7 Å². The molecule has 2 rings (SSSR count). The molecule has 0 saturated heterocycles. The number of anilines is 1. The number of aliphatic hydroxyl groups excluding tert-OH is 1. The highest BCUT2D eigenvalue weighted by molar-refractivity contribution is 5.86. The van der Waals surface area contributed by atoms with Crippen molar-refractivity contribution in [1.82, 2.24) is 5.48 Å². The lowest BCUT2D eigenvalue weighted by Gasteiger charge is -2.34. The van der Waals surface area contributed by atoms with E-state index in [0.717, 1.165) is 5.56 Å². The number of benzene rings is 2. The molecule has 0 aliphatic rings. The van der Waals surface area contributed by atoms with Gasteiger partial charge in [0.05, 0.1) is 6.61 Å². The number of hydrogen-bond donors (Lipinski definition) is 4. The third-order valence-electron chi connectivity index (χ3n) is 4.83. The molecule has 32 heavy (non-hydrogen) atoms. The highest BCUT2D eigenvalue weighted by Gasteiger charge is 2.34. The van der Waals surface area contributed by atoms with Crippen molar-refractivity contribution in [3.05, 3.63) is 72.3 Å². The van der Waals surface area contributed by atoms with Crippen molar-refractivity contribution in [1.29, 1.82) is 0 Å². The van der Waals surface area contributed by atoms with Crippen molar-refractivity contribution in [2.45, 2.75) is 32.8 Å². The first-order valence-corrected chi connectivity index (χ1v) is 10.3. The summed E-state index contributed by atoms with van der Waals surface area (Å²) in [6, 6.07) is 16.2. The number of hydrogen-bond acceptors (Lipinski definition) is 6. The number of allylic oxidation sites excluding steroid dienone is 1. The summed E-state index contributed by atoms with van der Waals surface area (Å²) in [6.07, 6.45) is 2.89. The van der Waals surface area contributed by atoms with E-state index >= 15 is 0 Å². The molecule has 0 aromatic heterocycles. The van der Waals surface area contributed by atoms with E-state index in [4.69, 9.17) is 19.8 Å². The number of amides is 2. The van der Waals surface area contributed by atoms with Crippen LogP contribution in [0.25, 0.3) is 0 Å². The monoisotopic (exact) mass is 442 g/mol. The van der Waals surface area contributed by atoms with Gasteiger partial charge in [-0.1, -0.05) is 50.3 Å². The summed E-state index contributed by atoms with van der Waals surface area (Å²) in [5.41, 5.74) is 2.47. The molecule has 0 bridgehead atoms. The highest BCUT2D eigenvalue weighted by Crippen LogP contribution is 2.41. The fourth-order valence-corrected chi connectivity index (χ4v) is 3.17. The number of nitrogens with one attached hydrogen (secondary N) is 2. The van der Waals surface area contributed by atoms with Gasteiger partial charge in [-0.15, -0.1) is 0 Å². The standard InChI is InChI=1S/C24H30N2O6/c1-24(2,15-7-6-10-21(28)26-30)22(18-11-13-20(14-12-18)31-17-16-27)32-23(29)25-19-8-4-3-5-9-19/h3-6,8-14,22,27,30H,7,15-17H2,1-2H3,(H,25,29)(H,26,28)/b10-6+/t22-/m1/s1. The van der Waals surface area contributed by atoms with Crippen molar-refractivity contribution in [2.75, 3.05) is 18.5 Å². The molecule has 0 fully saturated rings. The van der Waals surface area contributed by atoms with Gasteiger partial charge >= 0.3 is 6.09 Å². The second-order valence-corrected chi connectivity index (χ2v) is 7.82. The largest absolute Gasteiger partial charge is 0.491 e. The summed E-state index contributed by atoms with van der Waals surface area (Å²) in [4.78, 5) is 23.8. The minimum Gasteiger partial charge on any atom is -0.491 e. The zero-order valence-electron chi connectivity index (χ0n) is 18.3. The maximum atomic E-state index is 12.6. The van der Waals surface area contributed by atoms with Crippen LogP contribution >= 0.6 is 0 Å². The van der Waals surface area contributed by atoms with Crippen LogP contribution in [0.1, 0.15) is 38.4 Å². The lowest BCUT2D eigenvalue weighted by molar-refractivity contribution is -0.124. The van der Waals surface area contributed by atoms with E-state index in [1.54, 1.807) is 35.8 Å². The van der Waals surface area contributed by atoms with Crippen LogP contribution in [0.2, 0.25) is 0 Å². The van der Waals surface area contributed by atoms with Crippen LogP contribution in [-0.4, -0.2) is 35.5 Å². The molecular weight excluding hydrogens is 412 g/mol. The number of para-hydroxylation sites is 1. The molecule has 8 nitrogen and oxygen atoms in total. The van der Waals surface area contributed by atoms with Gasteiger partial charge < -0.3 is 14.6 Å². The van der Waals surface area contributed by atoms with Gasteiger partial charge in [-0.2, -0.15) is 0 Å². The summed E-state index contributed by atoms with van der Waals surface area (Å²) in [5.74, 6) is 0.00218. The van der Waals surface area contributed by atoms with Gasteiger partial charge in [-0.25, -0.2) is 10.3 Å². The van der Waals surface area contributed by atoms with Crippen LogP contribution in [0.4, 0.5) is 10.5 Å². The van der Waals surface area contributed by atoms with Gasteiger partial charge in [0.25, 0.3) is 5.91 Å². The van der Waals surface area contributed by atoms with Gasteiger partial charge in [0.1, 0.15) is 18.5 Å². The van der Waals surface area contributed by atoms with E-state index in [1.165, 1.54) is 6.08 Å². The molecule has 0 spiro atoms. The Bertz CT molecular complexity index is 881. The number of carbonyl (C=O) groups is 2. The minimum atomic E-state index is -0.601. The Labute approximate surface area is 187 Å². The van der Waals surface area contributed by atoms with Crippen LogP contribution in [0.5, 0.6) is 5.75 Å². The molecule has 0 aliphatic heterocycles. The zero-order valence-corrected chi connectivity index (χ0v) is 18.3. The topological polar surface area (TPSA) is 117 Å². The van der Waals surface area contributed by atoms with E-state index in [-0.39, 0.29) is 13.2 Å². The summed E-state index contributed by atoms with van der Waals surface area (Å²) in [5, 5.41) is 20.2. The van der Waals surface area contributed by atoms with E-state index in [1.807, 2.05) is 44.2 Å². The Hall–Kier alpha value is -3.36. The van der Waals surface area contributed by atoms with Crippen LogP contribution < -0.4 is 15.5 Å². The summed E-state index contributed by atoms with van der Waals surface area (Å²) >= 11 is 0. The van der Waals surface area contributed by atoms with Crippen molar-refractivity contribution < 1.29 is 29.4 Å². The highest BCUT2D eigenvalue weighted by atomic mass is 16.6. The van der Waals surface area contributed by atoms with Gasteiger partial charge in [-0.3, -0.25) is 15.3 Å². The molecule has 1 atom stereocenters. The van der Waals surface area contributed by atoms with Gasteiger partial charge in [0.2, 0.25) is 0 Å². The summed E-state index contributed by atoms with van der Waals surface area (Å²) in [7, 11) is 0. The Balaban J connectivity index is 2.17. The third-order valence-corrected chi connectivity index (χ3v) is 4.83. The van der Waals surface area contributed by atoms with E-state index in [0.29, 0.717) is 24.3 Å². The molecule has 172 valence electrons. The lowest BCUT2D eigenvalue weighted by Crippen LogP contribution is -2.29. The third kappa shape index (κ3) is 8.05. The smallest absolute Gasteiger partial charge is 0.412 e. The number of ether oxygens (including phenoxy) is 2. The predicted octanol–water partition coefficient (Wildman–Crippen LogP) is 4.22. The van der Waals surface area contributed by atoms with Crippen molar-refractivity contribution in [2.24, 2.45) is 5.41 Å². The van der Waals surface area contributed by atoms with E-state index < -0.39 is 23.5 Å². The SMILES string of the molecule is CC(C)(CC/C=C/C(=O)NO)[C@H](OC(=O)Nc1ccccc1)c1ccc(OCCO)cc1. The first-order chi connectivity index (χ1) is 15.4. The van der Waals surface area contributed by atoms with Gasteiger partial charge in [0, 0.05) is 17.2 Å². The quantitative estimate of drug-likeness (QED) is 0.235. The first-order valence-electron chi connectivity index (χ1n) is 10.3. The van der Waals surface area contributed by atoms with Crippen LogP contribution in [0.3, 0.4) is 0 Å². The van der Waals surface area contributed by atoms with Gasteiger partial charge in [-0.05, 0) is 42.7 Å². The Kier molecular flexibility index (Phi) is 9.72. The molecular formula is C24H30N2O6. The zero-order chi connectivity index (χ0) is 23.4. The van der Waals surface area contributed by atoms with E-state index in [9.17, 15) is 9.59 Å². The number of aliphatic hydroxyl groups is 1. The maximum Gasteiger partial charge on any atom is 0.412 e.